The Morgan fingerprint density at radius 2 is 2.39 bits per heavy atom. The number of nitrogens with zero attached hydrogens (tertiary/aromatic N) is 2. The summed E-state index contributed by atoms with van der Waals surface area (Å²) in [5, 5.41) is 14.9. The van der Waals surface area contributed by atoms with E-state index in [-0.39, 0.29) is 5.96 Å². The van der Waals surface area contributed by atoms with E-state index in [9.17, 15) is 0 Å². The second-order valence-corrected chi connectivity index (χ2v) is 5.07. The molecule has 0 amide bonds. The van der Waals surface area contributed by atoms with Gasteiger partial charge in [-0.3, -0.25) is 10.2 Å². The number of hydrogen-bond donors (Lipinski definition) is 3. The number of hydrogen-bond acceptors (Lipinski definition) is 3. The molecule has 1 aliphatic heterocycles. The fraction of sp³-hybridized carbons (Fsp3) is 0.462. The van der Waals surface area contributed by atoms with Crippen molar-refractivity contribution in [3.8, 4) is 0 Å². The molecule has 1 unspecified atom stereocenters. The Labute approximate surface area is 106 Å². The third-order valence-electron chi connectivity index (χ3n) is 3.91. The van der Waals surface area contributed by atoms with Crippen LogP contribution in [0.5, 0.6) is 0 Å². The summed E-state index contributed by atoms with van der Waals surface area (Å²) in [5.74, 6) is 0.588. The summed E-state index contributed by atoms with van der Waals surface area (Å²) in [4.78, 5) is 0. The van der Waals surface area contributed by atoms with E-state index in [2.05, 4.69) is 24.2 Å². The Hall–Kier alpha value is -1.75. The van der Waals surface area contributed by atoms with Gasteiger partial charge in [0.05, 0.1) is 5.69 Å². The lowest BCUT2D eigenvalue weighted by atomic mass is 9.83. The smallest absolute Gasteiger partial charge is 0.235 e. The zero-order chi connectivity index (χ0) is 12.7. The van der Waals surface area contributed by atoms with Gasteiger partial charge in [0.25, 0.3) is 0 Å². The van der Waals surface area contributed by atoms with E-state index < -0.39 is 0 Å². The van der Waals surface area contributed by atoms with Gasteiger partial charge in [0, 0.05) is 12.5 Å². The summed E-state index contributed by atoms with van der Waals surface area (Å²) in [5.41, 5.74) is 12.7. The number of guanidine groups is 1. The number of benzene rings is 1. The topological polar surface area (TPSA) is 73.9 Å². The van der Waals surface area contributed by atoms with Crippen molar-refractivity contribution in [1.29, 1.82) is 0 Å². The molecule has 0 aromatic heterocycles. The zero-order valence-electron chi connectivity index (χ0n) is 10.5. The summed E-state index contributed by atoms with van der Waals surface area (Å²) in [6.07, 6.45) is 3.61. The predicted octanol–water partition coefficient (Wildman–Crippen LogP) is 1.44. The molecule has 1 aliphatic carbocycles. The summed E-state index contributed by atoms with van der Waals surface area (Å²) in [6, 6.07) is 4.38. The minimum absolute atomic E-state index is 0.0330. The average Bonchev–Trinajstić information content (AvgIpc) is 2.74. The molecule has 4 N–H and O–H groups in total. The quantitative estimate of drug-likeness (QED) is 0.398. The molecule has 0 saturated heterocycles. The van der Waals surface area contributed by atoms with Crippen molar-refractivity contribution in [2.24, 2.45) is 10.8 Å². The van der Waals surface area contributed by atoms with Gasteiger partial charge in [-0.2, -0.15) is 0 Å². The first-order chi connectivity index (χ1) is 8.70. The number of nitrogens with one attached hydrogen (secondary N) is 1. The summed E-state index contributed by atoms with van der Waals surface area (Å²) >= 11 is 0. The Bertz CT molecular complexity index is 512. The molecule has 5 heteroatoms. The van der Waals surface area contributed by atoms with Gasteiger partial charge in [-0.25, -0.2) is 5.48 Å². The van der Waals surface area contributed by atoms with Crippen LogP contribution in [0.3, 0.4) is 0 Å². The maximum Gasteiger partial charge on any atom is 0.235 e. The highest BCUT2D eigenvalue weighted by Crippen LogP contribution is 2.46. The summed E-state index contributed by atoms with van der Waals surface area (Å²) < 4.78 is 0. The van der Waals surface area contributed by atoms with Gasteiger partial charge >= 0.3 is 0 Å². The maximum absolute atomic E-state index is 8.77. The van der Waals surface area contributed by atoms with Crippen LogP contribution in [0.15, 0.2) is 17.2 Å². The summed E-state index contributed by atoms with van der Waals surface area (Å²) in [6.45, 7) is 2.95. The van der Waals surface area contributed by atoms with Crippen molar-refractivity contribution in [3.63, 3.8) is 0 Å². The number of anilines is 1. The molecule has 0 saturated carbocycles. The normalized spacial score (nSPS) is 22.0. The van der Waals surface area contributed by atoms with Gasteiger partial charge in [-0.15, -0.1) is 5.10 Å². The van der Waals surface area contributed by atoms with E-state index in [1.807, 2.05) is 10.5 Å². The SMILES string of the molecule is Cc1ccc2c3c1N(N=C(N)NO)CC3CCC2. The van der Waals surface area contributed by atoms with Gasteiger partial charge in [-0.05, 0) is 42.9 Å². The van der Waals surface area contributed by atoms with E-state index in [1.54, 1.807) is 0 Å². The molecule has 1 heterocycles. The number of hydrazone groups is 1. The molecule has 1 aromatic carbocycles. The van der Waals surface area contributed by atoms with E-state index >= 15 is 0 Å². The minimum Gasteiger partial charge on any atom is -0.367 e. The van der Waals surface area contributed by atoms with Gasteiger partial charge in [0.1, 0.15) is 0 Å². The van der Waals surface area contributed by atoms with Crippen molar-refractivity contribution in [1.82, 2.24) is 5.48 Å². The first kappa shape index (κ1) is 11.3. The Kier molecular flexibility index (Phi) is 2.63. The maximum atomic E-state index is 8.77. The van der Waals surface area contributed by atoms with Crippen LogP contribution in [-0.4, -0.2) is 17.7 Å². The molecule has 1 aromatic rings. The van der Waals surface area contributed by atoms with Crippen molar-refractivity contribution < 1.29 is 5.21 Å². The molecule has 96 valence electrons. The lowest BCUT2D eigenvalue weighted by Gasteiger charge is -2.20. The van der Waals surface area contributed by atoms with E-state index in [0.717, 1.165) is 13.0 Å². The lowest BCUT2D eigenvalue weighted by molar-refractivity contribution is 0.232. The van der Waals surface area contributed by atoms with Gasteiger partial charge in [0.2, 0.25) is 5.96 Å². The lowest BCUT2D eigenvalue weighted by Crippen LogP contribution is -2.32. The van der Waals surface area contributed by atoms with E-state index in [1.165, 1.54) is 35.2 Å². The highest BCUT2D eigenvalue weighted by atomic mass is 16.5. The molecule has 5 nitrogen and oxygen atoms in total. The molecular formula is C13H18N4O. The zero-order valence-corrected chi connectivity index (χ0v) is 10.5. The molecule has 1 atom stereocenters. The van der Waals surface area contributed by atoms with Crippen molar-refractivity contribution in [2.45, 2.75) is 32.1 Å². The Morgan fingerprint density at radius 3 is 3.17 bits per heavy atom. The first-order valence-electron chi connectivity index (χ1n) is 6.35. The molecule has 0 radical (unpaired) electrons. The minimum atomic E-state index is 0.0330. The Morgan fingerprint density at radius 1 is 1.56 bits per heavy atom. The predicted molar refractivity (Wildman–Crippen MR) is 70.7 cm³/mol. The fourth-order valence-corrected chi connectivity index (χ4v) is 3.18. The number of nitrogens with two attached hydrogens (primary N) is 1. The van der Waals surface area contributed by atoms with Crippen LogP contribution in [0.25, 0.3) is 0 Å². The third-order valence-corrected chi connectivity index (χ3v) is 3.91. The standard InChI is InChI=1S/C13H18N4O/c1-8-5-6-9-3-2-4-10-7-17(12(8)11(9)10)15-13(14)16-18/h5-6,10,18H,2-4,7H2,1H3,(H3,14,15,16). The molecule has 3 rings (SSSR count). The van der Waals surface area contributed by atoms with Crippen molar-refractivity contribution in [2.75, 3.05) is 11.6 Å². The molecule has 0 fully saturated rings. The highest BCUT2D eigenvalue weighted by molar-refractivity contribution is 5.79. The monoisotopic (exact) mass is 246 g/mol. The van der Waals surface area contributed by atoms with Crippen LogP contribution in [0, 0.1) is 6.92 Å². The van der Waals surface area contributed by atoms with Crippen LogP contribution in [-0.2, 0) is 6.42 Å². The van der Waals surface area contributed by atoms with Crippen LogP contribution in [0.4, 0.5) is 5.69 Å². The molecular weight excluding hydrogens is 228 g/mol. The van der Waals surface area contributed by atoms with Crippen LogP contribution < -0.4 is 16.2 Å². The van der Waals surface area contributed by atoms with Crippen LogP contribution >= 0.6 is 0 Å². The van der Waals surface area contributed by atoms with Crippen molar-refractivity contribution in [3.05, 3.63) is 28.8 Å². The van der Waals surface area contributed by atoms with E-state index in [0.29, 0.717) is 5.92 Å². The highest BCUT2D eigenvalue weighted by Gasteiger charge is 2.34. The second kappa shape index (κ2) is 4.17. The van der Waals surface area contributed by atoms with Crippen molar-refractivity contribution >= 4 is 11.6 Å². The van der Waals surface area contributed by atoms with Crippen LogP contribution in [0.2, 0.25) is 0 Å². The number of hydroxylamine groups is 1. The molecule has 2 aliphatic rings. The summed E-state index contributed by atoms with van der Waals surface area (Å²) in [7, 11) is 0. The second-order valence-electron chi connectivity index (χ2n) is 5.07. The van der Waals surface area contributed by atoms with Gasteiger partial charge in [-0.1, -0.05) is 12.1 Å². The fourth-order valence-electron chi connectivity index (χ4n) is 3.18. The average molecular weight is 246 g/mol. The third kappa shape index (κ3) is 1.62. The van der Waals surface area contributed by atoms with E-state index in [4.69, 9.17) is 10.9 Å². The Balaban J connectivity index is 2.09. The number of aryl methyl sites for hydroxylation is 2. The van der Waals surface area contributed by atoms with Gasteiger partial charge in [0.15, 0.2) is 0 Å². The molecule has 0 spiro atoms. The first-order valence-corrected chi connectivity index (χ1v) is 6.35. The largest absolute Gasteiger partial charge is 0.367 e. The number of rotatable bonds is 1. The molecule has 0 bridgehead atoms. The molecule has 18 heavy (non-hydrogen) atoms. The van der Waals surface area contributed by atoms with Crippen LogP contribution in [0.1, 0.15) is 35.4 Å². The van der Waals surface area contributed by atoms with Gasteiger partial charge < -0.3 is 5.73 Å².